The third-order valence-electron chi connectivity index (χ3n) is 4.60. The van der Waals surface area contributed by atoms with Crippen molar-refractivity contribution in [2.24, 2.45) is 0 Å². The molecule has 0 amide bonds. The molecule has 0 N–H and O–H groups in total. The fourth-order valence-corrected chi connectivity index (χ4v) is 3.50. The zero-order valence-electron chi connectivity index (χ0n) is 14.4. The molecule has 6 heteroatoms. The molecule has 0 bridgehead atoms. The SMILES string of the molecule is CON(OC)C1CN(Cc2ccccc2)CC1c1cc(F)ccc1F. The van der Waals surface area contributed by atoms with Gasteiger partial charge >= 0.3 is 0 Å². The molecule has 3 rings (SSSR count). The van der Waals surface area contributed by atoms with Crippen molar-refractivity contribution >= 4 is 0 Å². The van der Waals surface area contributed by atoms with Gasteiger partial charge in [-0.3, -0.25) is 14.6 Å². The molecule has 2 aromatic rings. The van der Waals surface area contributed by atoms with Crippen molar-refractivity contribution in [3.63, 3.8) is 0 Å². The van der Waals surface area contributed by atoms with Crippen LogP contribution in [0.2, 0.25) is 0 Å². The summed E-state index contributed by atoms with van der Waals surface area (Å²) in [6.45, 7) is 1.94. The molecule has 0 saturated carbocycles. The van der Waals surface area contributed by atoms with Gasteiger partial charge in [0.25, 0.3) is 0 Å². The molecule has 2 atom stereocenters. The Bertz CT molecular complexity index is 695. The molecule has 2 aromatic carbocycles. The third kappa shape index (κ3) is 4.04. The van der Waals surface area contributed by atoms with E-state index in [1.54, 1.807) is 0 Å². The molecule has 2 unspecified atom stereocenters. The van der Waals surface area contributed by atoms with Crippen molar-refractivity contribution in [3.05, 3.63) is 71.3 Å². The number of hydrogen-bond donors (Lipinski definition) is 0. The van der Waals surface area contributed by atoms with Crippen LogP contribution in [0, 0.1) is 11.6 Å². The molecule has 4 nitrogen and oxygen atoms in total. The number of likely N-dealkylation sites (tertiary alicyclic amines) is 1. The van der Waals surface area contributed by atoms with Gasteiger partial charge in [-0.05, 0) is 29.3 Å². The van der Waals surface area contributed by atoms with Crippen LogP contribution in [0.3, 0.4) is 0 Å². The molecule has 0 spiro atoms. The van der Waals surface area contributed by atoms with Gasteiger partial charge < -0.3 is 0 Å². The van der Waals surface area contributed by atoms with E-state index in [4.69, 9.17) is 9.68 Å². The summed E-state index contributed by atoms with van der Waals surface area (Å²) in [5.41, 5.74) is 1.52. The summed E-state index contributed by atoms with van der Waals surface area (Å²) in [7, 11) is 3.00. The minimum absolute atomic E-state index is 0.241. The van der Waals surface area contributed by atoms with Gasteiger partial charge in [0, 0.05) is 25.6 Å². The maximum atomic E-state index is 14.3. The Morgan fingerprint density at radius 3 is 2.44 bits per heavy atom. The summed E-state index contributed by atoms with van der Waals surface area (Å²) in [6.07, 6.45) is 0. The molecule has 1 heterocycles. The first-order valence-corrected chi connectivity index (χ1v) is 8.21. The summed E-state index contributed by atoms with van der Waals surface area (Å²) in [5, 5.41) is 1.36. The maximum Gasteiger partial charge on any atom is 0.126 e. The first kappa shape index (κ1) is 17.9. The molecule has 134 valence electrons. The number of halogens is 2. The Kier molecular flexibility index (Phi) is 5.75. The molecule has 0 aromatic heterocycles. The summed E-state index contributed by atoms with van der Waals surface area (Å²) in [5.74, 6) is -1.12. The quantitative estimate of drug-likeness (QED) is 0.748. The van der Waals surface area contributed by atoms with Crippen LogP contribution in [0.1, 0.15) is 17.0 Å². The normalized spacial score (nSPS) is 21.2. The highest BCUT2D eigenvalue weighted by molar-refractivity contribution is 5.27. The minimum atomic E-state index is -0.446. The lowest BCUT2D eigenvalue weighted by molar-refractivity contribution is -0.364. The predicted molar refractivity (Wildman–Crippen MR) is 90.5 cm³/mol. The highest BCUT2D eigenvalue weighted by Crippen LogP contribution is 2.34. The standard InChI is InChI=1S/C19H22F2N2O2/c1-24-23(25-2)19-13-22(11-14-6-4-3-5-7-14)12-17(19)16-10-15(20)8-9-18(16)21/h3-10,17,19H,11-13H2,1-2H3. The van der Waals surface area contributed by atoms with E-state index in [2.05, 4.69) is 17.0 Å². The molecule has 1 fully saturated rings. The average molecular weight is 348 g/mol. The first-order chi connectivity index (χ1) is 12.1. The molecular weight excluding hydrogens is 326 g/mol. The second kappa shape index (κ2) is 8.01. The van der Waals surface area contributed by atoms with Gasteiger partial charge in [0.15, 0.2) is 0 Å². The van der Waals surface area contributed by atoms with Crippen LogP contribution in [0.5, 0.6) is 0 Å². The van der Waals surface area contributed by atoms with Crippen molar-refractivity contribution in [1.29, 1.82) is 0 Å². The minimum Gasteiger partial charge on any atom is -0.297 e. The van der Waals surface area contributed by atoms with E-state index in [9.17, 15) is 8.78 Å². The van der Waals surface area contributed by atoms with Crippen molar-refractivity contribution in [2.75, 3.05) is 27.3 Å². The Balaban J connectivity index is 1.86. The van der Waals surface area contributed by atoms with Crippen LogP contribution in [0.15, 0.2) is 48.5 Å². The summed E-state index contributed by atoms with van der Waals surface area (Å²) in [6, 6.07) is 13.4. The number of hydroxylamine groups is 2. The van der Waals surface area contributed by atoms with E-state index in [1.807, 2.05) is 18.2 Å². The predicted octanol–water partition coefficient (Wildman–Crippen LogP) is 3.36. The topological polar surface area (TPSA) is 24.9 Å². The molecule has 0 aliphatic carbocycles. The first-order valence-electron chi connectivity index (χ1n) is 8.21. The van der Waals surface area contributed by atoms with Gasteiger partial charge in [-0.25, -0.2) is 8.78 Å². The van der Waals surface area contributed by atoms with E-state index in [-0.39, 0.29) is 12.0 Å². The van der Waals surface area contributed by atoms with Crippen LogP contribution in [-0.4, -0.2) is 43.5 Å². The highest BCUT2D eigenvalue weighted by Gasteiger charge is 2.40. The van der Waals surface area contributed by atoms with Crippen LogP contribution >= 0.6 is 0 Å². The summed E-state index contributed by atoms with van der Waals surface area (Å²) in [4.78, 5) is 12.7. The van der Waals surface area contributed by atoms with Crippen LogP contribution < -0.4 is 0 Å². The molecular formula is C19H22F2N2O2. The Labute approximate surface area is 146 Å². The van der Waals surface area contributed by atoms with Gasteiger partial charge in [0.1, 0.15) is 11.6 Å². The smallest absolute Gasteiger partial charge is 0.126 e. The highest BCUT2D eigenvalue weighted by atomic mass is 19.1. The van der Waals surface area contributed by atoms with Gasteiger partial charge in [0.05, 0.1) is 20.3 Å². The average Bonchev–Trinajstić information content (AvgIpc) is 3.02. The van der Waals surface area contributed by atoms with Gasteiger partial charge in [-0.2, -0.15) is 0 Å². The van der Waals surface area contributed by atoms with Gasteiger partial charge in [-0.15, -0.1) is 0 Å². The van der Waals surface area contributed by atoms with Gasteiger partial charge in [-0.1, -0.05) is 35.6 Å². The maximum absolute atomic E-state index is 14.3. The second-order valence-electron chi connectivity index (χ2n) is 6.17. The number of nitrogens with zero attached hydrogens (tertiary/aromatic N) is 2. The Hall–Kier alpha value is -1.86. The van der Waals surface area contributed by atoms with E-state index in [0.29, 0.717) is 18.7 Å². The summed E-state index contributed by atoms with van der Waals surface area (Å²) < 4.78 is 28.0. The lowest BCUT2D eigenvalue weighted by Crippen LogP contribution is -2.39. The molecule has 1 aliphatic rings. The van der Waals surface area contributed by atoms with Crippen molar-refractivity contribution in [1.82, 2.24) is 10.1 Å². The Morgan fingerprint density at radius 1 is 1.04 bits per heavy atom. The van der Waals surface area contributed by atoms with Crippen LogP contribution in [0.25, 0.3) is 0 Å². The van der Waals surface area contributed by atoms with Crippen molar-refractivity contribution in [2.45, 2.75) is 18.5 Å². The fourth-order valence-electron chi connectivity index (χ4n) is 3.50. The zero-order valence-corrected chi connectivity index (χ0v) is 14.4. The number of hydrogen-bond acceptors (Lipinski definition) is 4. The lowest BCUT2D eigenvalue weighted by Gasteiger charge is -2.28. The van der Waals surface area contributed by atoms with Gasteiger partial charge in [0.2, 0.25) is 0 Å². The van der Waals surface area contributed by atoms with Crippen LogP contribution in [0.4, 0.5) is 8.78 Å². The monoisotopic (exact) mass is 348 g/mol. The van der Waals surface area contributed by atoms with E-state index in [0.717, 1.165) is 12.6 Å². The van der Waals surface area contributed by atoms with E-state index >= 15 is 0 Å². The zero-order chi connectivity index (χ0) is 17.8. The van der Waals surface area contributed by atoms with Crippen LogP contribution in [-0.2, 0) is 16.2 Å². The third-order valence-corrected chi connectivity index (χ3v) is 4.60. The van der Waals surface area contributed by atoms with Crippen molar-refractivity contribution in [3.8, 4) is 0 Å². The number of rotatable bonds is 6. The molecule has 0 radical (unpaired) electrons. The lowest BCUT2D eigenvalue weighted by atomic mass is 9.94. The fraction of sp³-hybridized carbons (Fsp3) is 0.368. The Morgan fingerprint density at radius 2 is 1.76 bits per heavy atom. The largest absolute Gasteiger partial charge is 0.297 e. The number of benzene rings is 2. The molecule has 25 heavy (non-hydrogen) atoms. The second-order valence-corrected chi connectivity index (χ2v) is 6.17. The summed E-state index contributed by atoms with van der Waals surface area (Å²) >= 11 is 0. The van der Waals surface area contributed by atoms with E-state index in [1.165, 1.54) is 37.1 Å². The van der Waals surface area contributed by atoms with Crippen molar-refractivity contribution < 1.29 is 18.5 Å². The molecule has 1 aliphatic heterocycles. The molecule has 1 saturated heterocycles. The van der Waals surface area contributed by atoms with E-state index < -0.39 is 11.6 Å².